The number of benzene rings is 1. The molecule has 1 aliphatic heterocycles. The molecule has 1 amide bonds. The number of carbonyl (C=O) groups is 1. The zero-order valence-corrected chi connectivity index (χ0v) is 11.8. The maximum absolute atomic E-state index is 12.8. The lowest BCUT2D eigenvalue weighted by Gasteiger charge is -2.42. The van der Waals surface area contributed by atoms with E-state index in [1.165, 1.54) is 0 Å². The largest absolute Gasteiger partial charge is 0.497 e. The number of hydrogen-bond acceptors (Lipinski definition) is 3. The van der Waals surface area contributed by atoms with Crippen molar-refractivity contribution < 1.29 is 14.6 Å². The number of rotatable bonds is 3. The van der Waals surface area contributed by atoms with Crippen LogP contribution >= 0.6 is 0 Å². The molecule has 1 aliphatic carbocycles. The van der Waals surface area contributed by atoms with E-state index < -0.39 is 0 Å². The summed E-state index contributed by atoms with van der Waals surface area (Å²) >= 11 is 0. The van der Waals surface area contributed by atoms with Crippen LogP contribution in [0.4, 0.5) is 0 Å². The van der Waals surface area contributed by atoms with Crippen LogP contribution in [0.3, 0.4) is 0 Å². The second-order valence-electron chi connectivity index (χ2n) is 5.88. The quantitative estimate of drug-likeness (QED) is 0.913. The molecule has 1 aromatic carbocycles. The van der Waals surface area contributed by atoms with Gasteiger partial charge in [-0.15, -0.1) is 0 Å². The molecule has 2 fully saturated rings. The average Bonchev–Trinajstić information content (AvgIpc) is 2.94. The number of carbonyl (C=O) groups excluding carboxylic acids is 1. The van der Waals surface area contributed by atoms with E-state index in [0.29, 0.717) is 13.1 Å². The van der Waals surface area contributed by atoms with Gasteiger partial charge in [-0.25, -0.2) is 0 Å². The Labute approximate surface area is 119 Å². The third-order valence-electron chi connectivity index (χ3n) is 4.66. The Bertz CT molecular complexity index is 485. The van der Waals surface area contributed by atoms with E-state index in [0.717, 1.165) is 37.0 Å². The second-order valence-corrected chi connectivity index (χ2v) is 5.88. The van der Waals surface area contributed by atoms with E-state index in [2.05, 4.69) is 0 Å². The Morgan fingerprint density at radius 2 is 1.85 bits per heavy atom. The van der Waals surface area contributed by atoms with Gasteiger partial charge in [0.05, 0.1) is 18.6 Å². The van der Waals surface area contributed by atoms with E-state index >= 15 is 0 Å². The fraction of sp³-hybridized carbons (Fsp3) is 0.562. The summed E-state index contributed by atoms with van der Waals surface area (Å²) in [4.78, 5) is 14.6. The summed E-state index contributed by atoms with van der Waals surface area (Å²) in [5.74, 6) is 0.999. The summed E-state index contributed by atoms with van der Waals surface area (Å²) in [6.07, 6.45) is 3.66. The molecule has 0 aromatic heterocycles. The smallest absolute Gasteiger partial charge is 0.233 e. The van der Waals surface area contributed by atoms with Crippen molar-refractivity contribution in [3.05, 3.63) is 29.8 Å². The Morgan fingerprint density at radius 3 is 2.35 bits per heavy atom. The summed E-state index contributed by atoms with van der Waals surface area (Å²) in [7, 11) is 1.65. The number of β-amino-alcohol motifs (C(OH)–C–C–N with tert-alkyl or cyclic N) is 1. The molecule has 1 N–H and O–H groups in total. The SMILES string of the molecule is COc1ccc(C2(C(=O)N3CC(O)C3)CCCC2)cc1. The van der Waals surface area contributed by atoms with Gasteiger partial charge in [0.2, 0.25) is 5.91 Å². The van der Waals surface area contributed by atoms with Gasteiger partial charge in [-0.3, -0.25) is 4.79 Å². The molecule has 4 heteroatoms. The third kappa shape index (κ3) is 2.08. The van der Waals surface area contributed by atoms with Crippen LogP contribution in [0.1, 0.15) is 31.2 Å². The minimum absolute atomic E-state index is 0.186. The van der Waals surface area contributed by atoms with E-state index in [1.54, 1.807) is 12.0 Å². The number of hydrogen-bond donors (Lipinski definition) is 1. The lowest BCUT2D eigenvalue weighted by molar-refractivity contribution is -0.147. The third-order valence-corrected chi connectivity index (χ3v) is 4.66. The van der Waals surface area contributed by atoms with Crippen LogP contribution in [0.5, 0.6) is 5.75 Å². The standard InChI is InChI=1S/C16H21NO3/c1-20-14-6-4-12(5-7-14)16(8-2-3-9-16)15(19)17-10-13(18)11-17/h4-7,13,18H,2-3,8-11H2,1H3. The summed E-state index contributed by atoms with van der Waals surface area (Å²) in [5, 5.41) is 9.42. The van der Waals surface area contributed by atoms with Gasteiger partial charge in [-0.2, -0.15) is 0 Å². The van der Waals surface area contributed by atoms with E-state index in [-0.39, 0.29) is 17.4 Å². The van der Waals surface area contributed by atoms with Crippen molar-refractivity contribution in [2.45, 2.75) is 37.2 Å². The molecule has 20 heavy (non-hydrogen) atoms. The summed E-state index contributed by atoms with van der Waals surface area (Å²) in [6.45, 7) is 0.966. The van der Waals surface area contributed by atoms with Gasteiger partial charge < -0.3 is 14.7 Å². The van der Waals surface area contributed by atoms with Gasteiger partial charge in [-0.05, 0) is 30.5 Å². The number of amides is 1. The second kappa shape index (κ2) is 5.09. The summed E-state index contributed by atoms with van der Waals surface area (Å²) in [5.41, 5.74) is 0.703. The molecule has 1 heterocycles. The predicted molar refractivity (Wildman–Crippen MR) is 75.7 cm³/mol. The van der Waals surface area contributed by atoms with Crippen molar-refractivity contribution in [1.82, 2.24) is 4.90 Å². The molecule has 108 valence electrons. The van der Waals surface area contributed by atoms with Crippen molar-refractivity contribution in [2.24, 2.45) is 0 Å². The molecular formula is C16H21NO3. The lowest BCUT2D eigenvalue weighted by atomic mass is 9.77. The molecular weight excluding hydrogens is 254 g/mol. The topological polar surface area (TPSA) is 49.8 Å². The van der Waals surface area contributed by atoms with E-state index in [4.69, 9.17) is 4.74 Å². The number of ether oxygens (including phenoxy) is 1. The van der Waals surface area contributed by atoms with Crippen molar-refractivity contribution >= 4 is 5.91 Å². The fourth-order valence-corrected chi connectivity index (χ4v) is 3.44. The highest BCUT2D eigenvalue weighted by Gasteiger charge is 2.47. The van der Waals surface area contributed by atoms with E-state index in [1.807, 2.05) is 24.3 Å². The Morgan fingerprint density at radius 1 is 1.25 bits per heavy atom. The van der Waals surface area contributed by atoms with Crippen LogP contribution in [0.25, 0.3) is 0 Å². The van der Waals surface area contributed by atoms with Crippen molar-refractivity contribution in [3.8, 4) is 5.75 Å². The molecule has 0 spiro atoms. The van der Waals surface area contributed by atoms with Gasteiger partial charge in [0.25, 0.3) is 0 Å². The highest BCUT2D eigenvalue weighted by molar-refractivity contribution is 5.89. The zero-order valence-electron chi connectivity index (χ0n) is 11.8. The van der Waals surface area contributed by atoms with E-state index in [9.17, 15) is 9.90 Å². The minimum Gasteiger partial charge on any atom is -0.497 e. The van der Waals surface area contributed by atoms with Gasteiger partial charge in [-0.1, -0.05) is 25.0 Å². The van der Waals surface area contributed by atoms with Crippen molar-refractivity contribution in [3.63, 3.8) is 0 Å². The molecule has 1 saturated carbocycles. The molecule has 0 atom stereocenters. The van der Waals surface area contributed by atoms with Crippen LogP contribution < -0.4 is 4.74 Å². The first kappa shape index (κ1) is 13.4. The highest BCUT2D eigenvalue weighted by Crippen LogP contribution is 2.43. The van der Waals surface area contributed by atoms with Crippen LogP contribution in [0.15, 0.2) is 24.3 Å². The molecule has 0 unspecified atom stereocenters. The van der Waals surface area contributed by atoms with Gasteiger partial charge in [0, 0.05) is 13.1 Å². The maximum Gasteiger partial charge on any atom is 0.233 e. The Kier molecular flexibility index (Phi) is 3.42. The van der Waals surface area contributed by atoms with Crippen molar-refractivity contribution in [2.75, 3.05) is 20.2 Å². The number of likely N-dealkylation sites (tertiary alicyclic amines) is 1. The zero-order chi connectivity index (χ0) is 14.2. The van der Waals surface area contributed by atoms with Crippen molar-refractivity contribution in [1.29, 1.82) is 0 Å². The predicted octanol–water partition coefficient (Wildman–Crippen LogP) is 1.71. The number of nitrogens with zero attached hydrogens (tertiary/aromatic N) is 1. The molecule has 2 aliphatic rings. The number of aliphatic hydroxyl groups excluding tert-OH is 1. The van der Waals surface area contributed by atoms with Gasteiger partial charge >= 0.3 is 0 Å². The van der Waals surface area contributed by atoms with Gasteiger partial charge in [0.1, 0.15) is 5.75 Å². The van der Waals surface area contributed by atoms with Crippen LogP contribution in [0.2, 0.25) is 0 Å². The summed E-state index contributed by atoms with van der Waals surface area (Å²) < 4.78 is 5.19. The Balaban J connectivity index is 1.88. The normalized spacial score (nSPS) is 21.6. The lowest BCUT2D eigenvalue weighted by Crippen LogP contribution is -2.58. The molecule has 1 aromatic rings. The van der Waals surface area contributed by atoms with Crippen LogP contribution in [0, 0.1) is 0 Å². The molecule has 0 bridgehead atoms. The first-order valence-corrected chi connectivity index (χ1v) is 7.28. The first-order valence-electron chi connectivity index (χ1n) is 7.28. The summed E-state index contributed by atoms with van der Waals surface area (Å²) in [6, 6.07) is 7.87. The van der Waals surface area contributed by atoms with Crippen LogP contribution in [-0.4, -0.2) is 42.2 Å². The molecule has 4 nitrogen and oxygen atoms in total. The molecule has 0 radical (unpaired) electrons. The number of aliphatic hydroxyl groups is 1. The highest BCUT2D eigenvalue weighted by atomic mass is 16.5. The first-order chi connectivity index (χ1) is 9.65. The maximum atomic E-state index is 12.8. The monoisotopic (exact) mass is 275 g/mol. The van der Waals surface area contributed by atoms with Crippen LogP contribution in [-0.2, 0) is 10.2 Å². The average molecular weight is 275 g/mol. The minimum atomic E-state index is -0.383. The Hall–Kier alpha value is -1.55. The molecule has 3 rings (SSSR count). The fourth-order valence-electron chi connectivity index (χ4n) is 3.44. The number of methoxy groups -OCH3 is 1. The van der Waals surface area contributed by atoms with Gasteiger partial charge in [0.15, 0.2) is 0 Å². The molecule has 1 saturated heterocycles.